The van der Waals surface area contributed by atoms with E-state index < -0.39 is 0 Å². The highest BCUT2D eigenvalue weighted by Crippen LogP contribution is 2.45. The van der Waals surface area contributed by atoms with Gasteiger partial charge in [-0.25, -0.2) is 0 Å². The van der Waals surface area contributed by atoms with Crippen LogP contribution >= 0.6 is 0 Å². The lowest BCUT2D eigenvalue weighted by Crippen LogP contribution is -2.17. The van der Waals surface area contributed by atoms with E-state index in [-0.39, 0.29) is 18.3 Å². The van der Waals surface area contributed by atoms with Gasteiger partial charge in [-0.3, -0.25) is 9.59 Å². The van der Waals surface area contributed by atoms with E-state index in [0.717, 1.165) is 16.7 Å². The van der Waals surface area contributed by atoms with Gasteiger partial charge in [-0.05, 0) is 42.0 Å². The van der Waals surface area contributed by atoms with Crippen LogP contribution in [0.5, 0.6) is 17.2 Å². The molecule has 0 unspecified atom stereocenters. The number of carbonyl (C=O) groups excluding carboxylic acids is 2. The molecule has 0 atom stereocenters. The Bertz CT molecular complexity index is 1160. The van der Waals surface area contributed by atoms with E-state index in [9.17, 15) is 9.59 Å². The molecule has 0 aromatic heterocycles. The number of fused-ring (bicyclic) bond motifs is 1. The molecule has 1 heterocycles. The predicted octanol–water partition coefficient (Wildman–Crippen LogP) is 3.45. The van der Waals surface area contributed by atoms with Crippen molar-refractivity contribution < 1.29 is 28.5 Å². The maximum absolute atomic E-state index is 12.9. The van der Waals surface area contributed by atoms with Crippen LogP contribution in [0, 0.1) is 0 Å². The Labute approximate surface area is 185 Å². The van der Waals surface area contributed by atoms with Crippen molar-refractivity contribution in [1.82, 2.24) is 5.32 Å². The molecule has 7 heteroatoms. The Balaban J connectivity index is 1.73. The molecule has 0 bridgehead atoms. The summed E-state index contributed by atoms with van der Waals surface area (Å²) in [5.74, 6) is 0.999. The van der Waals surface area contributed by atoms with Gasteiger partial charge in [-0.2, -0.15) is 0 Å². The number of hydrogen-bond acceptors (Lipinski definition) is 6. The molecule has 7 nitrogen and oxygen atoms in total. The molecule has 2 aliphatic rings. The minimum atomic E-state index is -0.158. The van der Waals surface area contributed by atoms with Gasteiger partial charge >= 0.3 is 0 Å². The molecular weight excluding hydrogens is 410 g/mol. The fourth-order valence-corrected chi connectivity index (χ4v) is 3.71. The van der Waals surface area contributed by atoms with Gasteiger partial charge in [0.2, 0.25) is 5.75 Å². The Morgan fingerprint density at radius 2 is 1.81 bits per heavy atom. The first-order valence-electron chi connectivity index (χ1n) is 10.0. The first-order valence-corrected chi connectivity index (χ1v) is 10.0. The van der Waals surface area contributed by atoms with E-state index in [1.807, 2.05) is 12.1 Å². The van der Waals surface area contributed by atoms with Crippen LogP contribution in [0.25, 0.3) is 5.57 Å². The van der Waals surface area contributed by atoms with Crippen molar-refractivity contribution in [2.75, 3.05) is 27.9 Å². The second-order valence-corrected chi connectivity index (χ2v) is 7.18. The maximum atomic E-state index is 12.9. The third kappa shape index (κ3) is 3.85. The van der Waals surface area contributed by atoms with Crippen molar-refractivity contribution in [1.29, 1.82) is 0 Å². The number of ether oxygens (including phenoxy) is 4. The third-order valence-electron chi connectivity index (χ3n) is 5.34. The van der Waals surface area contributed by atoms with Gasteiger partial charge in [0.05, 0.1) is 20.5 Å². The zero-order valence-electron chi connectivity index (χ0n) is 18.1. The minimum Gasteiger partial charge on any atom is -0.496 e. The summed E-state index contributed by atoms with van der Waals surface area (Å²) in [6.45, 7) is 0.520. The monoisotopic (exact) mass is 433 g/mol. The van der Waals surface area contributed by atoms with Crippen molar-refractivity contribution in [3.63, 3.8) is 0 Å². The second kappa shape index (κ2) is 9.01. The van der Waals surface area contributed by atoms with E-state index in [2.05, 4.69) is 5.32 Å². The number of allylic oxidation sites excluding steroid dienone is 3. The molecule has 2 aromatic carbocycles. The molecule has 0 saturated carbocycles. The molecular formula is C25H23NO6. The van der Waals surface area contributed by atoms with Crippen LogP contribution in [0.2, 0.25) is 0 Å². The summed E-state index contributed by atoms with van der Waals surface area (Å²) in [4.78, 5) is 24.6. The van der Waals surface area contributed by atoms with Crippen LogP contribution in [0.4, 0.5) is 0 Å². The summed E-state index contributed by atoms with van der Waals surface area (Å²) in [5, 5.41) is 2.59. The lowest BCUT2D eigenvalue weighted by Gasteiger charge is -2.21. The Morgan fingerprint density at radius 3 is 2.50 bits per heavy atom. The molecule has 32 heavy (non-hydrogen) atoms. The lowest BCUT2D eigenvalue weighted by molar-refractivity contribution is -0.109. The normalized spacial score (nSPS) is 14.5. The molecule has 164 valence electrons. The molecule has 1 N–H and O–H groups in total. The van der Waals surface area contributed by atoms with Crippen molar-refractivity contribution in [2.45, 2.75) is 6.61 Å². The number of nitrogens with one attached hydrogen (secondary N) is 1. The van der Waals surface area contributed by atoms with E-state index in [1.165, 1.54) is 13.2 Å². The molecule has 0 fully saturated rings. The standard InChI is InChI=1S/C25H23NO6/c1-26-25(28)16-6-4-15(5-7-16)12-32-23-18(9-11-21(29-2)24(23)30-3)22-19-14-31-13-17(19)8-10-20(22)27/h4-11,13H,12,14H2,1-3H3,(H,26,28). The van der Waals surface area contributed by atoms with Crippen molar-refractivity contribution >= 4 is 17.3 Å². The highest BCUT2D eigenvalue weighted by Gasteiger charge is 2.29. The van der Waals surface area contributed by atoms with Gasteiger partial charge in [0, 0.05) is 34.9 Å². The van der Waals surface area contributed by atoms with E-state index in [4.69, 9.17) is 18.9 Å². The Hall–Kier alpha value is -4.00. The highest BCUT2D eigenvalue weighted by molar-refractivity contribution is 6.29. The average molecular weight is 433 g/mol. The van der Waals surface area contributed by atoms with Gasteiger partial charge < -0.3 is 24.3 Å². The van der Waals surface area contributed by atoms with Crippen LogP contribution in [0.1, 0.15) is 21.5 Å². The first kappa shape index (κ1) is 21.2. The maximum Gasteiger partial charge on any atom is 0.251 e. The van der Waals surface area contributed by atoms with Gasteiger partial charge in [-0.1, -0.05) is 12.1 Å². The average Bonchev–Trinajstić information content (AvgIpc) is 3.30. The van der Waals surface area contributed by atoms with Crippen LogP contribution in [-0.2, 0) is 16.1 Å². The number of hydrogen-bond donors (Lipinski definition) is 1. The van der Waals surface area contributed by atoms with Gasteiger partial charge in [0.1, 0.15) is 13.2 Å². The third-order valence-corrected chi connectivity index (χ3v) is 5.34. The summed E-state index contributed by atoms with van der Waals surface area (Å²) in [6.07, 6.45) is 4.92. The molecule has 0 spiro atoms. The number of methoxy groups -OCH3 is 2. The predicted molar refractivity (Wildman–Crippen MR) is 119 cm³/mol. The van der Waals surface area contributed by atoms with Crippen LogP contribution in [-0.4, -0.2) is 39.6 Å². The van der Waals surface area contributed by atoms with E-state index in [1.54, 1.807) is 50.8 Å². The number of rotatable bonds is 7. The molecule has 1 aliphatic heterocycles. The van der Waals surface area contributed by atoms with Gasteiger partial charge in [-0.15, -0.1) is 0 Å². The number of benzene rings is 2. The van der Waals surface area contributed by atoms with E-state index in [0.29, 0.717) is 40.6 Å². The molecule has 1 amide bonds. The molecule has 1 aliphatic carbocycles. The molecule has 4 rings (SSSR count). The van der Waals surface area contributed by atoms with Crippen molar-refractivity contribution in [3.05, 3.63) is 82.6 Å². The summed E-state index contributed by atoms with van der Waals surface area (Å²) < 4.78 is 22.7. The van der Waals surface area contributed by atoms with Crippen LogP contribution in [0.3, 0.4) is 0 Å². The van der Waals surface area contributed by atoms with Crippen LogP contribution in [0.15, 0.2) is 66.0 Å². The summed E-state index contributed by atoms with van der Waals surface area (Å²) in [5.41, 5.74) is 4.20. The summed E-state index contributed by atoms with van der Waals surface area (Å²) in [7, 11) is 4.65. The van der Waals surface area contributed by atoms with E-state index >= 15 is 0 Å². The van der Waals surface area contributed by atoms with Crippen LogP contribution < -0.4 is 19.5 Å². The van der Waals surface area contributed by atoms with Crippen molar-refractivity contribution in [2.24, 2.45) is 0 Å². The SMILES string of the molecule is CNC(=O)c1ccc(COc2c(C3=C4COC=C4C=CC3=O)ccc(OC)c2OC)cc1. The fourth-order valence-electron chi connectivity index (χ4n) is 3.71. The zero-order chi connectivity index (χ0) is 22.7. The molecule has 0 radical (unpaired) electrons. The largest absolute Gasteiger partial charge is 0.496 e. The summed E-state index contributed by atoms with van der Waals surface area (Å²) in [6, 6.07) is 10.6. The van der Waals surface area contributed by atoms with Gasteiger partial charge in [0.15, 0.2) is 17.3 Å². The Kier molecular flexibility index (Phi) is 5.98. The smallest absolute Gasteiger partial charge is 0.251 e. The first-order chi connectivity index (χ1) is 15.6. The highest BCUT2D eigenvalue weighted by atomic mass is 16.5. The quantitative estimate of drug-likeness (QED) is 0.720. The Morgan fingerprint density at radius 1 is 1.03 bits per heavy atom. The topological polar surface area (TPSA) is 83.1 Å². The fraction of sp³-hybridized carbons (Fsp3) is 0.200. The van der Waals surface area contributed by atoms with Gasteiger partial charge in [0.25, 0.3) is 5.91 Å². The lowest BCUT2D eigenvalue weighted by atomic mass is 9.88. The number of ketones is 1. The molecule has 2 aromatic rings. The zero-order valence-corrected chi connectivity index (χ0v) is 18.1. The second-order valence-electron chi connectivity index (χ2n) is 7.18. The minimum absolute atomic E-state index is 0.130. The summed E-state index contributed by atoms with van der Waals surface area (Å²) >= 11 is 0. The molecule has 0 saturated heterocycles. The number of carbonyl (C=O) groups is 2. The van der Waals surface area contributed by atoms with Crippen molar-refractivity contribution in [3.8, 4) is 17.2 Å². The number of amides is 1.